The van der Waals surface area contributed by atoms with Crippen molar-refractivity contribution in [2.75, 3.05) is 0 Å². The Balaban J connectivity index is 2.00. The van der Waals surface area contributed by atoms with Gasteiger partial charge in [-0.05, 0) is 48.4 Å². The van der Waals surface area contributed by atoms with Gasteiger partial charge >= 0.3 is 0 Å². The first-order valence-electron chi connectivity index (χ1n) is 6.38. The summed E-state index contributed by atoms with van der Waals surface area (Å²) in [6.45, 7) is 1.57. The fourth-order valence-electron chi connectivity index (χ4n) is 2.04. The summed E-state index contributed by atoms with van der Waals surface area (Å²) in [6.07, 6.45) is 1.94. The van der Waals surface area contributed by atoms with Crippen molar-refractivity contribution < 1.29 is 8.42 Å². The molecule has 0 aliphatic heterocycles. The number of hydrogen-bond acceptors (Lipinski definition) is 5. The van der Waals surface area contributed by atoms with Crippen LogP contribution in [0.1, 0.15) is 36.9 Å². The van der Waals surface area contributed by atoms with E-state index < -0.39 is 15.1 Å². The summed E-state index contributed by atoms with van der Waals surface area (Å²) in [5, 5.41) is 11.0. The Labute approximate surface area is 132 Å². The predicted octanol–water partition coefficient (Wildman–Crippen LogP) is 2.85. The van der Waals surface area contributed by atoms with Crippen molar-refractivity contribution in [1.82, 2.24) is 20.2 Å². The third-order valence-electron chi connectivity index (χ3n) is 3.46. The number of tetrazole rings is 1. The highest BCUT2D eigenvalue weighted by Crippen LogP contribution is 2.38. The van der Waals surface area contributed by atoms with Crippen LogP contribution in [0.4, 0.5) is 0 Å². The van der Waals surface area contributed by atoms with E-state index in [0.717, 1.165) is 12.8 Å². The Hall–Kier alpha value is -1.18. The predicted molar refractivity (Wildman–Crippen MR) is 78.2 cm³/mol. The highest BCUT2D eigenvalue weighted by atomic mass is 35.5. The number of hydrogen-bond donors (Lipinski definition) is 0. The van der Waals surface area contributed by atoms with Crippen molar-refractivity contribution in [3.05, 3.63) is 34.1 Å². The van der Waals surface area contributed by atoms with Gasteiger partial charge in [0.25, 0.3) is 0 Å². The van der Waals surface area contributed by atoms with Crippen LogP contribution in [0.25, 0.3) is 0 Å². The molecule has 0 saturated heterocycles. The molecule has 6 nitrogen and oxygen atoms in total. The molecule has 1 aliphatic rings. The van der Waals surface area contributed by atoms with Gasteiger partial charge in [0.15, 0.2) is 15.7 Å². The van der Waals surface area contributed by atoms with Gasteiger partial charge in [-0.2, -0.15) is 0 Å². The van der Waals surface area contributed by atoms with E-state index in [-0.39, 0.29) is 16.0 Å². The largest absolute Gasteiger partial charge is 0.225 e. The lowest BCUT2D eigenvalue weighted by Crippen LogP contribution is -2.16. The molecule has 0 N–H and O–H groups in total. The van der Waals surface area contributed by atoms with E-state index in [1.807, 2.05) is 0 Å². The molecular formula is C12H12Cl2N4O2S. The third-order valence-corrected chi connectivity index (χ3v) is 6.25. The summed E-state index contributed by atoms with van der Waals surface area (Å²) >= 11 is 11.7. The van der Waals surface area contributed by atoms with E-state index in [9.17, 15) is 8.42 Å². The minimum Gasteiger partial charge on any atom is -0.225 e. The fraction of sp³-hybridized carbons (Fsp3) is 0.417. The first-order valence-corrected chi connectivity index (χ1v) is 8.68. The van der Waals surface area contributed by atoms with Crippen molar-refractivity contribution in [2.24, 2.45) is 0 Å². The molecule has 21 heavy (non-hydrogen) atoms. The summed E-state index contributed by atoms with van der Waals surface area (Å²) in [7, 11) is -3.64. The topological polar surface area (TPSA) is 77.7 Å². The van der Waals surface area contributed by atoms with Crippen LogP contribution in [-0.2, 0) is 9.84 Å². The molecule has 1 atom stereocenters. The highest BCUT2D eigenvalue weighted by Gasteiger charge is 2.35. The second-order valence-corrected chi connectivity index (χ2v) is 8.06. The summed E-state index contributed by atoms with van der Waals surface area (Å²) in [5.74, 6) is 0.351. The van der Waals surface area contributed by atoms with Gasteiger partial charge in [0.2, 0.25) is 0 Å². The molecule has 112 valence electrons. The zero-order chi connectivity index (χ0) is 15.2. The first kappa shape index (κ1) is 14.7. The van der Waals surface area contributed by atoms with Crippen molar-refractivity contribution >= 4 is 33.0 Å². The molecule has 2 aromatic rings. The van der Waals surface area contributed by atoms with Crippen LogP contribution in [0.2, 0.25) is 10.0 Å². The standard InChI is InChI=1S/C12H12Cl2N4O2S/c1-7(12-15-16-17-18(12)8-2-3-8)21(19,20)9-4-5-10(13)11(14)6-9/h4-8H,2-3H2,1H3. The van der Waals surface area contributed by atoms with Crippen LogP contribution in [0.5, 0.6) is 0 Å². The molecule has 1 unspecified atom stereocenters. The average Bonchev–Trinajstić information content (AvgIpc) is 3.18. The molecule has 0 bridgehead atoms. The van der Waals surface area contributed by atoms with Crippen molar-refractivity contribution in [2.45, 2.75) is 36.0 Å². The quantitative estimate of drug-likeness (QED) is 0.850. The van der Waals surface area contributed by atoms with Gasteiger partial charge in [-0.1, -0.05) is 23.2 Å². The smallest absolute Gasteiger partial charge is 0.188 e. The zero-order valence-electron chi connectivity index (χ0n) is 11.1. The second-order valence-electron chi connectivity index (χ2n) is 4.98. The van der Waals surface area contributed by atoms with Gasteiger partial charge in [0, 0.05) is 0 Å². The van der Waals surface area contributed by atoms with Gasteiger partial charge in [-0.3, -0.25) is 0 Å². The normalized spacial score (nSPS) is 16.9. The number of benzene rings is 1. The van der Waals surface area contributed by atoms with Gasteiger partial charge in [0.05, 0.1) is 21.0 Å². The fourth-order valence-corrected chi connectivity index (χ4v) is 3.79. The summed E-state index contributed by atoms with van der Waals surface area (Å²) in [6, 6.07) is 4.46. The van der Waals surface area contributed by atoms with Gasteiger partial charge in [0.1, 0.15) is 5.25 Å². The molecule has 0 radical (unpaired) electrons. The van der Waals surface area contributed by atoms with E-state index in [1.165, 1.54) is 18.2 Å². The van der Waals surface area contributed by atoms with Crippen LogP contribution >= 0.6 is 23.2 Å². The number of halogens is 2. The Bertz CT molecular complexity index is 786. The molecule has 1 aromatic carbocycles. The van der Waals surface area contributed by atoms with Crippen molar-refractivity contribution in [1.29, 1.82) is 0 Å². The number of sulfone groups is 1. The van der Waals surface area contributed by atoms with E-state index in [2.05, 4.69) is 15.5 Å². The molecule has 9 heteroatoms. The van der Waals surface area contributed by atoms with Crippen LogP contribution in [0.3, 0.4) is 0 Å². The van der Waals surface area contributed by atoms with Crippen molar-refractivity contribution in [3.8, 4) is 0 Å². The van der Waals surface area contributed by atoms with E-state index in [4.69, 9.17) is 23.2 Å². The maximum absolute atomic E-state index is 12.7. The molecule has 1 aliphatic carbocycles. The van der Waals surface area contributed by atoms with Gasteiger partial charge in [-0.15, -0.1) is 5.10 Å². The lowest BCUT2D eigenvalue weighted by molar-refractivity contribution is 0.556. The maximum atomic E-state index is 12.7. The molecule has 3 rings (SSSR count). The number of aromatic nitrogens is 4. The second kappa shape index (κ2) is 5.23. The average molecular weight is 347 g/mol. The molecular weight excluding hydrogens is 335 g/mol. The molecule has 1 heterocycles. The molecule has 1 fully saturated rings. The Morgan fingerprint density at radius 1 is 1.29 bits per heavy atom. The van der Waals surface area contributed by atoms with Crippen LogP contribution in [-0.4, -0.2) is 28.6 Å². The minimum absolute atomic E-state index is 0.106. The maximum Gasteiger partial charge on any atom is 0.188 e. The summed E-state index contributed by atoms with van der Waals surface area (Å²) in [4.78, 5) is 0.106. The molecule has 1 saturated carbocycles. The van der Waals surface area contributed by atoms with Crippen LogP contribution in [0.15, 0.2) is 23.1 Å². The van der Waals surface area contributed by atoms with Crippen molar-refractivity contribution in [3.63, 3.8) is 0 Å². The molecule has 0 spiro atoms. The minimum atomic E-state index is -3.64. The number of nitrogens with zero attached hydrogens (tertiary/aromatic N) is 4. The Morgan fingerprint density at radius 3 is 2.62 bits per heavy atom. The van der Waals surface area contributed by atoms with E-state index in [1.54, 1.807) is 11.6 Å². The number of rotatable bonds is 4. The Kier molecular flexibility index (Phi) is 3.67. The van der Waals surface area contributed by atoms with E-state index >= 15 is 0 Å². The molecule has 1 aromatic heterocycles. The van der Waals surface area contributed by atoms with Gasteiger partial charge < -0.3 is 0 Å². The third kappa shape index (κ3) is 2.65. The Morgan fingerprint density at radius 2 is 2.00 bits per heavy atom. The van der Waals surface area contributed by atoms with Crippen LogP contribution in [0, 0.1) is 0 Å². The SMILES string of the molecule is CC(c1nnnn1C1CC1)S(=O)(=O)c1ccc(Cl)c(Cl)c1. The summed E-state index contributed by atoms with van der Waals surface area (Å²) in [5.41, 5.74) is 0. The first-order chi connectivity index (χ1) is 9.91. The monoisotopic (exact) mass is 346 g/mol. The summed E-state index contributed by atoms with van der Waals surface area (Å²) < 4.78 is 27.0. The van der Waals surface area contributed by atoms with Crippen LogP contribution < -0.4 is 0 Å². The lowest BCUT2D eigenvalue weighted by Gasteiger charge is -2.13. The highest BCUT2D eigenvalue weighted by molar-refractivity contribution is 7.91. The van der Waals surface area contributed by atoms with E-state index in [0.29, 0.717) is 10.8 Å². The van der Waals surface area contributed by atoms with Gasteiger partial charge in [-0.25, -0.2) is 13.1 Å². The molecule has 0 amide bonds. The zero-order valence-corrected chi connectivity index (χ0v) is 13.4. The lowest BCUT2D eigenvalue weighted by atomic mass is 10.4.